The van der Waals surface area contributed by atoms with Crippen LogP contribution in [0, 0.1) is 0 Å². The van der Waals surface area contributed by atoms with E-state index in [9.17, 15) is 14.4 Å². The summed E-state index contributed by atoms with van der Waals surface area (Å²) in [5, 5.41) is 0. The first-order valence-corrected chi connectivity index (χ1v) is 36.1. The van der Waals surface area contributed by atoms with Crippen molar-refractivity contribution in [2.24, 2.45) is 0 Å². The lowest BCUT2D eigenvalue weighted by molar-refractivity contribution is -0.167. The minimum absolute atomic E-state index is 0.0804. The number of carbonyl (C=O) groups is 3. The monoisotopic (exact) mass is 1160 g/mol. The Morgan fingerprint density at radius 1 is 0.253 bits per heavy atom. The molecule has 0 heterocycles. The highest BCUT2D eigenvalue weighted by Crippen LogP contribution is 2.17. The number of hydrogen-bond donors (Lipinski definition) is 0. The maximum absolute atomic E-state index is 13.0. The molecule has 0 aliphatic carbocycles. The van der Waals surface area contributed by atoms with E-state index < -0.39 is 6.10 Å². The highest BCUT2D eigenvalue weighted by atomic mass is 16.6. The number of hydrogen-bond acceptors (Lipinski definition) is 6. The SMILES string of the molecule is CC/C=C\C/C=C\C/C=C\CCCCCCCC(=O)OCC(COC(=O)CCCCCCCCCCCCCCC/C=C\C/C=C\CCCCCCC)OC(=O)CCCCCCCCCCCCCCC/C=C\C/C=C\CCCCCCC. The molecular formula is C77H136O6. The van der Waals surface area contributed by atoms with Crippen molar-refractivity contribution >= 4 is 17.9 Å². The molecule has 480 valence electrons. The molecule has 0 radical (unpaired) electrons. The van der Waals surface area contributed by atoms with Gasteiger partial charge in [0.2, 0.25) is 0 Å². The van der Waals surface area contributed by atoms with Crippen LogP contribution in [0.3, 0.4) is 0 Å². The van der Waals surface area contributed by atoms with Crippen molar-refractivity contribution in [3.05, 3.63) is 85.1 Å². The molecule has 0 aromatic heterocycles. The van der Waals surface area contributed by atoms with Gasteiger partial charge in [-0.05, 0) is 116 Å². The molecule has 0 aromatic carbocycles. The maximum atomic E-state index is 13.0. The van der Waals surface area contributed by atoms with Crippen molar-refractivity contribution in [1.82, 2.24) is 0 Å². The van der Waals surface area contributed by atoms with Crippen molar-refractivity contribution in [2.45, 2.75) is 374 Å². The van der Waals surface area contributed by atoms with E-state index in [1.54, 1.807) is 0 Å². The summed E-state index contributed by atoms with van der Waals surface area (Å²) in [6, 6.07) is 0. The predicted octanol–water partition coefficient (Wildman–Crippen LogP) is 25.0. The number of unbranched alkanes of at least 4 members (excludes halogenated alkanes) is 41. The van der Waals surface area contributed by atoms with E-state index in [4.69, 9.17) is 14.2 Å². The first-order chi connectivity index (χ1) is 41.0. The summed E-state index contributed by atoms with van der Waals surface area (Å²) in [5.74, 6) is -0.880. The van der Waals surface area contributed by atoms with Crippen LogP contribution in [0.25, 0.3) is 0 Å². The lowest BCUT2D eigenvalue weighted by Crippen LogP contribution is -2.30. The summed E-state index contributed by atoms with van der Waals surface area (Å²) >= 11 is 0. The Hall–Kier alpha value is -3.41. The highest BCUT2D eigenvalue weighted by Gasteiger charge is 2.19. The van der Waals surface area contributed by atoms with Crippen molar-refractivity contribution in [3.63, 3.8) is 0 Å². The van der Waals surface area contributed by atoms with Crippen LogP contribution < -0.4 is 0 Å². The Kier molecular flexibility index (Phi) is 68.2. The lowest BCUT2D eigenvalue weighted by atomic mass is 10.0. The zero-order valence-electron chi connectivity index (χ0n) is 55.2. The van der Waals surface area contributed by atoms with Gasteiger partial charge in [0.25, 0.3) is 0 Å². The fraction of sp³-hybridized carbons (Fsp3) is 0.779. The van der Waals surface area contributed by atoms with E-state index in [-0.39, 0.29) is 31.1 Å². The summed E-state index contributed by atoms with van der Waals surface area (Å²) in [6.45, 7) is 6.54. The zero-order chi connectivity index (χ0) is 59.9. The minimum atomic E-state index is -0.786. The Bertz CT molecular complexity index is 1570. The summed E-state index contributed by atoms with van der Waals surface area (Å²) in [5.41, 5.74) is 0. The third-order valence-corrected chi connectivity index (χ3v) is 15.9. The van der Waals surface area contributed by atoms with Crippen LogP contribution >= 0.6 is 0 Å². The molecule has 0 rings (SSSR count). The van der Waals surface area contributed by atoms with Crippen LogP contribution in [0.1, 0.15) is 367 Å². The number of allylic oxidation sites excluding steroid dienone is 14. The van der Waals surface area contributed by atoms with Gasteiger partial charge < -0.3 is 14.2 Å². The standard InChI is InChI=1S/C77H136O6/c1-4-7-10-13-16-19-22-25-28-30-32-34-36-38-40-42-44-46-49-52-55-58-61-64-67-70-76(79)82-73-74(72-81-75(78)69-66-63-60-57-54-51-48-27-24-21-18-15-12-9-6-3)83-77(80)71-68-65-62-59-56-53-50-47-45-43-41-39-37-35-33-31-29-26-23-20-17-14-11-8-5-2/h9,12,18,21-23,25-27,30-33,48,74H,4-8,10-11,13-17,19-20,24,28-29,34-47,49-73H2,1-3H3/b12-9-,21-18-,25-22-,26-23-,32-30-,33-31-,48-27-. The average Bonchev–Trinajstić information content (AvgIpc) is 3.49. The molecular weight excluding hydrogens is 1020 g/mol. The average molecular weight is 1160 g/mol. The van der Waals surface area contributed by atoms with E-state index in [1.165, 1.54) is 218 Å². The summed E-state index contributed by atoms with van der Waals surface area (Å²) in [4.78, 5) is 38.5. The normalized spacial score (nSPS) is 12.6. The van der Waals surface area contributed by atoms with Gasteiger partial charge >= 0.3 is 17.9 Å². The Morgan fingerprint density at radius 2 is 0.470 bits per heavy atom. The molecule has 0 aliphatic heterocycles. The second-order valence-electron chi connectivity index (χ2n) is 24.1. The van der Waals surface area contributed by atoms with Gasteiger partial charge in [-0.3, -0.25) is 14.4 Å². The first kappa shape index (κ1) is 79.6. The van der Waals surface area contributed by atoms with Gasteiger partial charge in [0.15, 0.2) is 6.10 Å². The molecule has 1 atom stereocenters. The molecule has 6 heteroatoms. The summed E-state index contributed by atoms with van der Waals surface area (Å²) in [7, 11) is 0. The fourth-order valence-corrected chi connectivity index (χ4v) is 10.5. The van der Waals surface area contributed by atoms with Crippen molar-refractivity contribution in [2.75, 3.05) is 13.2 Å². The zero-order valence-corrected chi connectivity index (χ0v) is 55.2. The van der Waals surface area contributed by atoms with Gasteiger partial charge in [-0.25, -0.2) is 0 Å². The van der Waals surface area contributed by atoms with E-state index in [0.717, 1.165) is 109 Å². The molecule has 6 nitrogen and oxygen atoms in total. The summed E-state index contributed by atoms with van der Waals surface area (Å²) in [6.07, 6.45) is 94.7. The van der Waals surface area contributed by atoms with E-state index >= 15 is 0 Å². The fourth-order valence-electron chi connectivity index (χ4n) is 10.5. The Morgan fingerprint density at radius 3 is 0.735 bits per heavy atom. The van der Waals surface area contributed by atoms with E-state index in [2.05, 4.69) is 106 Å². The van der Waals surface area contributed by atoms with Crippen molar-refractivity contribution < 1.29 is 28.6 Å². The van der Waals surface area contributed by atoms with Crippen LogP contribution in [0.2, 0.25) is 0 Å². The molecule has 0 saturated heterocycles. The van der Waals surface area contributed by atoms with Crippen LogP contribution in [-0.2, 0) is 28.6 Å². The minimum Gasteiger partial charge on any atom is -0.462 e. The molecule has 0 aliphatic rings. The summed E-state index contributed by atoms with van der Waals surface area (Å²) < 4.78 is 17.0. The Balaban J connectivity index is 4.31. The molecule has 0 saturated carbocycles. The molecule has 0 amide bonds. The smallest absolute Gasteiger partial charge is 0.306 e. The number of rotatable bonds is 66. The number of esters is 3. The predicted molar refractivity (Wildman–Crippen MR) is 362 cm³/mol. The number of ether oxygens (including phenoxy) is 3. The van der Waals surface area contributed by atoms with Gasteiger partial charge in [-0.15, -0.1) is 0 Å². The quantitative estimate of drug-likeness (QED) is 0.0261. The third-order valence-electron chi connectivity index (χ3n) is 15.9. The molecule has 0 aromatic rings. The van der Waals surface area contributed by atoms with Gasteiger partial charge in [0.1, 0.15) is 13.2 Å². The largest absolute Gasteiger partial charge is 0.462 e. The third kappa shape index (κ3) is 69.3. The Labute approximate surface area is 515 Å². The second kappa shape index (κ2) is 71.1. The molecule has 0 fully saturated rings. The van der Waals surface area contributed by atoms with E-state index in [0.29, 0.717) is 19.3 Å². The van der Waals surface area contributed by atoms with Gasteiger partial charge in [0.05, 0.1) is 0 Å². The molecule has 0 bridgehead atoms. The second-order valence-corrected chi connectivity index (χ2v) is 24.1. The lowest BCUT2D eigenvalue weighted by Gasteiger charge is -2.18. The van der Waals surface area contributed by atoms with E-state index in [1.807, 2.05) is 0 Å². The van der Waals surface area contributed by atoms with Crippen LogP contribution in [-0.4, -0.2) is 37.2 Å². The van der Waals surface area contributed by atoms with Crippen LogP contribution in [0.4, 0.5) is 0 Å². The number of carbonyl (C=O) groups excluding carboxylic acids is 3. The van der Waals surface area contributed by atoms with Crippen LogP contribution in [0.5, 0.6) is 0 Å². The molecule has 83 heavy (non-hydrogen) atoms. The molecule has 0 N–H and O–H groups in total. The van der Waals surface area contributed by atoms with Crippen LogP contribution in [0.15, 0.2) is 85.1 Å². The van der Waals surface area contributed by atoms with Gasteiger partial charge in [0, 0.05) is 19.3 Å². The maximum Gasteiger partial charge on any atom is 0.306 e. The van der Waals surface area contributed by atoms with Gasteiger partial charge in [-0.1, -0.05) is 318 Å². The molecule has 1 unspecified atom stereocenters. The topological polar surface area (TPSA) is 78.9 Å². The van der Waals surface area contributed by atoms with Crippen molar-refractivity contribution in [1.29, 1.82) is 0 Å². The molecule has 0 spiro atoms. The first-order valence-electron chi connectivity index (χ1n) is 36.1. The van der Waals surface area contributed by atoms with Crippen molar-refractivity contribution in [3.8, 4) is 0 Å². The highest BCUT2D eigenvalue weighted by molar-refractivity contribution is 5.71. The van der Waals surface area contributed by atoms with Gasteiger partial charge in [-0.2, -0.15) is 0 Å².